The number of benzene rings is 1. The molecule has 1 N–H and O–H groups in total. The molecule has 7 nitrogen and oxygen atoms in total. The Kier molecular flexibility index (Phi) is 13.0. The lowest BCUT2D eigenvalue weighted by Crippen LogP contribution is -2.55. The predicted octanol–water partition coefficient (Wildman–Crippen LogP) is 4.01. The van der Waals surface area contributed by atoms with Gasteiger partial charge in [-0.15, -0.1) is 0 Å². The van der Waals surface area contributed by atoms with E-state index in [9.17, 15) is 14.4 Å². The van der Waals surface area contributed by atoms with Gasteiger partial charge in [0, 0.05) is 19.0 Å². The van der Waals surface area contributed by atoms with Crippen molar-refractivity contribution in [2.75, 3.05) is 13.1 Å². The highest BCUT2D eigenvalue weighted by atomic mass is 32.1. The third kappa shape index (κ3) is 9.88. The number of nitrogens with one attached hydrogen (secondary N) is 1. The zero-order chi connectivity index (χ0) is 23.2. The minimum atomic E-state index is -0.758. The van der Waals surface area contributed by atoms with Gasteiger partial charge in [0.1, 0.15) is 11.6 Å². The molecule has 0 bridgehead atoms. The van der Waals surface area contributed by atoms with Gasteiger partial charge in [0.15, 0.2) is 0 Å². The van der Waals surface area contributed by atoms with Crippen molar-refractivity contribution >= 4 is 44.9 Å². The molecular weight excluding hydrogens is 458 g/mol. The van der Waals surface area contributed by atoms with E-state index in [-0.39, 0.29) is 44.7 Å². The molecule has 9 heteroatoms. The summed E-state index contributed by atoms with van der Waals surface area (Å²) in [6, 6.07) is 8.65. The van der Waals surface area contributed by atoms with Crippen LogP contribution < -0.4 is 5.32 Å². The van der Waals surface area contributed by atoms with Gasteiger partial charge in [-0.3, -0.25) is 4.79 Å². The number of esters is 1. The van der Waals surface area contributed by atoms with Crippen LogP contribution in [-0.2, 0) is 20.7 Å². The van der Waals surface area contributed by atoms with Gasteiger partial charge < -0.3 is 10.1 Å². The summed E-state index contributed by atoms with van der Waals surface area (Å²) in [6.07, 6.45) is 1.78. The normalized spacial score (nSPS) is 15.2. The lowest BCUT2D eigenvalue weighted by Gasteiger charge is -2.32. The molecule has 2 rings (SSSR count). The Balaban J connectivity index is 0.00000512. The highest BCUT2D eigenvalue weighted by Crippen LogP contribution is 2.19. The summed E-state index contributed by atoms with van der Waals surface area (Å²) in [4.78, 5) is 38.7. The fourth-order valence-electron chi connectivity index (χ4n) is 3.64. The van der Waals surface area contributed by atoms with E-state index in [1.54, 1.807) is 20.8 Å². The highest BCUT2D eigenvalue weighted by Gasteiger charge is 2.35. The van der Waals surface area contributed by atoms with Crippen LogP contribution >= 0.6 is 27.0 Å². The first kappa shape index (κ1) is 31.1. The number of hydrogen-bond donors (Lipinski definition) is 1. The molecule has 0 unspecified atom stereocenters. The van der Waals surface area contributed by atoms with Gasteiger partial charge in [0.05, 0.1) is 0 Å². The number of urea groups is 1. The molecule has 1 aromatic carbocycles. The van der Waals surface area contributed by atoms with Gasteiger partial charge >= 0.3 is 12.0 Å². The van der Waals surface area contributed by atoms with Crippen LogP contribution in [0.3, 0.4) is 0 Å². The quantitative estimate of drug-likeness (QED) is 0.575. The largest absolute Gasteiger partial charge is 0.458 e. The zero-order valence-corrected chi connectivity index (χ0v) is 22.7. The Labute approximate surface area is 212 Å². The first-order valence-corrected chi connectivity index (χ1v) is 11.1. The van der Waals surface area contributed by atoms with Crippen LogP contribution in [0, 0.1) is 11.8 Å². The van der Waals surface area contributed by atoms with Gasteiger partial charge in [0.2, 0.25) is 5.91 Å². The summed E-state index contributed by atoms with van der Waals surface area (Å²) in [5.74, 6) is -0.605. The summed E-state index contributed by atoms with van der Waals surface area (Å²) in [5.41, 5.74) is 0.444. The van der Waals surface area contributed by atoms with Crippen LogP contribution in [0.2, 0.25) is 0 Å². The summed E-state index contributed by atoms with van der Waals surface area (Å²) in [5, 5.41) is 5.76. The summed E-state index contributed by atoms with van der Waals surface area (Å²) in [7, 11) is 0. The minimum absolute atomic E-state index is 0. The maximum absolute atomic E-state index is 13.1. The number of hydrogen-bond acceptors (Lipinski definition) is 4. The zero-order valence-electron chi connectivity index (χ0n) is 20.7. The number of nitrogens with zero attached hydrogens (tertiary/aromatic N) is 2. The molecule has 1 saturated heterocycles. The van der Waals surface area contributed by atoms with E-state index in [4.69, 9.17) is 4.74 Å². The summed E-state index contributed by atoms with van der Waals surface area (Å²) in [6.45, 7) is 12.2. The monoisotopic (exact) mass is 499 g/mol. The number of rotatable bonds is 7. The molecule has 1 fully saturated rings. The van der Waals surface area contributed by atoms with Gasteiger partial charge in [-0.05, 0) is 51.5 Å². The number of carbonyl (C=O) groups excluding carboxylic acids is 3. The molecule has 1 aliphatic heterocycles. The Hall–Kier alpha value is -1.87. The fraction of sp³-hybridized carbons (Fsp3) is 0.625. The van der Waals surface area contributed by atoms with Crippen molar-refractivity contribution < 1.29 is 19.1 Å². The molecule has 0 saturated carbocycles. The maximum atomic E-state index is 13.1. The van der Waals surface area contributed by atoms with Crippen molar-refractivity contribution in [3.63, 3.8) is 0 Å². The van der Waals surface area contributed by atoms with Crippen molar-refractivity contribution in [3.8, 4) is 0 Å². The van der Waals surface area contributed by atoms with E-state index in [1.807, 2.05) is 51.1 Å². The average Bonchev–Trinajstić information content (AvgIpc) is 3.15. The van der Waals surface area contributed by atoms with E-state index in [1.165, 1.54) is 10.0 Å². The third-order valence-corrected chi connectivity index (χ3v) is 5.02. The molecule has 1 aliphatic rings. The van der Waals surface area contributed by atoms with Gasteiger partial charge in [0.25, 0.3) is 0 Å². The number of amides is 3. The fourth-order valence-corrected chi connectivity index (χ4v) is 3.64. The first-order valence-electron chi connectivity index (χ1n) is 11.1. The van der Waals surface area contributed by atoms with E-state index < -0.39 is 23.6 Å². The van der Waals surface area contributed by atoms with Gasteiger partial charge in [-0.25, -0.2) is 19.6 Å². The number of hydrazine groups is 1. The number of carbonyl (C=O) groups is 3. The lowest BCUT2D eigenvalue weighted by molar-refractivity contribution is -0.157. The number of ether oxygens (including phenoxy) is 1. The van der Waals surface area contributed by atoms with Crippen LogP contribution in [0.4, 0.5) is 4.79 Å². The maximum Gasteiger partial charge on any atom is 0.337 e. The SMILES string of the molecule is CC(C)C[C@H](NC(=O)N1CCCN1C(=O)[C@@H](C)Cc1ccccc1)C(=O)OC(C)(C)C.S.S. The van der Waals surface area contributed by atoms with Crippen LogP contribution in [0.1, 0.15) is 59.9 Å². The Morgan fingerprint density at radius 3 is 2.12 bits per heavy atom. The van der Waals surface area contributed by atoms with Crippen molar-refractivity contribution in [1.29, 1.82) is 0 Å². The Morgan fingerprint density at radius 1 is 1.00 bits per heavy atom. The van der Waals surface area contributed by atoms with E-state index in [0.29, 0.717) is 32.4 Å². The van der Waals surface area contributed by atoms with Crippen LogP contribution in [0.25, 0.3) is 0 Å². The van der Waals surface area contributed by atoms with E-state index in [0.717, 1.165) is 5.56 Å². The molecule has 188 valence electrons. The van der Waals surface area contributed by atoms with Crippen molar-refractivity contribution in [1.82, 2.24) is 15.3 Å². The summed E-state index contributed by atoms with van der Waals surface area (Å²) >= 11 is 0. The van der Waals surface area contributed by atoms with E-state index >= 15 is 0 Å². The highest BCUT2D eigenvalue weighted by molar-refractivity contribution is 7.59. The van der Waals surface area contributed by atoms with Crippen molar-refractivity contribution in [2.45, 2.75) is 72.4 Å². The van der Waals surface area contributed by atoms with E-state index in [2.05, 4.69) is 5.32 Å². The molecule has 33 heavy (non-hydrogen) atoms. The second-order valence-electron chi connectivity index (χ2n) is 9.69. The standard InChI is InChI=1S/C24H37N3O4.2H2S/c1-17(2)15-20(22(29)31-24(4,5)6)25-23(30)27-14-10-13-26(27)21(28)18(3)16-19-11-8-7-9-12-19;;/h7-9,11-12,17-18,20H,10,13-16H2,1-6H3,(H,25,30);2*1H2/t18-,20-;;/m0../s1. The average molecular weight is 500 g/mol. The van der Waals surface area contributed by atoms with Crippen molar-refractivity contribution in [3.05, 3.63) is 35.9 Å². The topological polar surface area (TPSA) is 79.0 Å². The second-order valence-corrected chi connectivity index (χ2v) is 9.69. The van der Waals surface area contributed by atoms with Gasteiger partial charge in [-0.2, -0.15) is 27.0 Å². The third-order valence-electron chi connectivity index (χ3n) is 5.02. The molecular formula is C24H41N3O4S2. The first-order chi connectivity index (χ1) is 14.5. The van der Waals surface area contributed by atoms with Crippen LogP contribution in [-0.4, -0.2) is 52.7 Å². The lowest BCUT2D eigenvalue weighted by atomic mass is 10.0. The van der Waals surface area contributed by atoms with Crippen LogP contribution in [0.15, 0.2) is 30.3 Å². The second kappa shape index (κ2) is 13.7. The molecule has 1 heterocycles. The van der Waals surface area contributed by atoms with Crippen LogP contribution in [0.5, 0.6) is 0 Å². The molecule has 1 aromatic rings. The van der Waals surface area contributed by atoms with Crippen molar-refractivity contribution in [2.24, 2.45) is 11.8 Å². The predicted molar refractivity (Wildman–Crippen MR) is 141 cm³/mol. The molecule has 0 spiro atoms. The smallest absolute Gasteiger partial charge is 0.337 e. The Bertz CT molecular complexity index is 769. The molecule has 0 aromatic heterocycles. The molecule has 3 amide bonds. The summed E-state index contributed by atoms with van der Waals surface area (Å²) < 4.78 is 5.49. The Morgan fingerprint density at radius 2 is 1.58 bits per heavy atom. The molecule has 2 atom stereocenters. The van der Waals surface area contributed by atoms with Gasteiger partial charge in [-0.1, -0.05) is 51.1 Å². The minimum Gasteiger partial charge on any atom is -0.458 e. The molecule has 0 aliphatic carbocycles. The molecule has 0 radical (unpaired) electrons.